The van der Waals surface area contributed by atoms with Crippen molar-refractivity contribution in [3.05, 3.63) is 39.4 Å². The molecule has 0 spiro atoms. The van der Waals surface area contributed by atoms with Gasteiger partial charge in [0.25, 0.3) is 11.5 Å². The normalized spacial score (nSPS) is 19.7. The molecule has 28 heavy (non-hydrogen) atoms. The average molecular weight is 390 g/mol. The fourth-order valence-electron chi connectivity index (χ4n) is 4.46. The zero-order chi connectivity index (χ0) is 19.8. The molecule has 2 aliphatic heterocycles. The fraction of sp³-hybridized carbons (Fsp3) is 0.500. The lowest BCUT2D eigenvalue weighted by Crippen LogP contribution is -3.20. The van der Waals surface area contributed by atoms with Crippen LogP contribution in [0.3, 0.4) is 0 Å². The van der Waals surface area contributed by atoms with E-state index in [1.807, 2.05) is 6.92 Å². The minimum atomic E-state index is -0.597. The van der Waals surface area contributed by atoms with Gasteiger partial charge in [0.05, 0.1) is 18.6 Å². The van der Waals surface area contributed by atoms with E-state index in [0.29, 0.717) is 30.5 Å². The lowest BCUT2D eigenvalue weighted by Gasteiger charge is -2.26. The number of halogens is 1. The van der Waals surface area contributed by atoms with Crippen LogP contribution in [0.2, 0.25) is 0 Å². The number of piperazine rings is 1. The summed E-state index contributed by atoms with van der Waals surface area (Å²) in [6.07, 6.45) is 1.32. The van der Waals surface area contributed by atoms with E-state index in [1.165, 1.54) is 21.6 Å². The smallest absolute Gasteiger partial charge is 0.267 e. The molecule has 150 valence electrons. The highest BCUT2D eigenvalue weighted by Gasteiger charge is 2.28. The van der Waals surface area contributed by atoms with Crippen LogP contribution < -0.4 is 21.1 Å². The van der Waals surface area contributed by atoms with Crippen molar-refractivity contribution >= 4 is 16.8 Å². The molecule has 0 aliphatic carbocycles. The first-order valence-corrected chi connectivity index (χ1v) is 10.0. The number of hydrogen-bond acceptors (Lipinski definition) is 3. The van der Waals surface area contributed by atoms with Crippen molar-refractivity contribution in [3.63, 3.8) is 0 Å². The van der Waals surface area contributed by atoms with E-state index in [9.17, 15) is 19.1 Å². The highest BCUT2D eigenvalue weighted by molar-refractivity contribution is 6.03. The van der Waals surface area contributed by atoms with Crippen molar-refractivity contribution in [1.82, 2.24) is 9.88 Å². The molecular weight excluding hydrogens is 363 g/mol. The number of carbonyl (C=O) groups is 1. The Labute approximate surface area is 162 Å². The van der Waals surface area contributed by atoms with Gasteiger partial charge < -0.3 is 25.2 Å². The molecule has 1 saturated heterocycles. The first-order chi connectivity index (χ1) is 13.5. The van der Waals surface area contributed by atoms with Gasteiger partial charge in [0, 0.05) is 11.4 Å². The summed E-state index contributed by atoms with van der Waals surface area (Å²) in [6, 6.07) is 2.49. The number of aromatic nitrogens is 1. The van der Waals surface area contributed by atoms with Crippen LogP contribution in [-0.4, -0.2) is 54.8 Å². The zero-order valence-electron chi connectivity index (χ0n) is 16.1. The summed E-state index contributed by atoms with van der Waals surface area (Å²) in [7, 11) is 0. The van der Waals surface area contributed by atoms with Crippen LogP contribution in [0, 0.1) is 5.82 Å². The van der Waals surface area contributed by atoms with E-state index in [-0.39, 0.29) is 17.0 Å². The number of quaternary nitrogens is 2. The van der Waals surface area contributed by atoms with E-state index in [2.05, 4.69) is 10.6 Å². The number of nitrogens with one attached hydrogen (secondary N) is 2. The van der Waals surface area contributed by atoms with E-state index >= 15 is 0 Å². The third kappa shape index (κ3) is 3.27. The highest BCUT2D eigenvalue weighted by atomic mass is 19.1. The van der Waals surface area contributed by atoms with Gasteiger partial charge in [-0.05, 0) is 37.5 Å². The first kappa shape index (κ1) is 18.9. The SMILES string of the molecule is C[C@H]1CCc2cc(F)cc3c(O)c(C(=O)NCC[NH+]4CC[NH2+]CC4)c(=O)n1c23. The van der Waals surface area contributed by atoms with Crippen molar-refractivity contribution in [2.45, 2.75) is 25.8 Å². The molecule has 1 fully saturated rings. The standard InChI is InChI=1S/C20H25FN4O3/c1-12-2-3-13-10-14(21)11-15-17(13)25(12)20(28)16(18(15)26)19(27)23-6-9-24-7-4-22-5-8-24/h10-12,22,26H,2-9H2,1H3,(H,23,27)/p+2/t12-/m0/s1. The Morgan fingerprint density at radius 1 is 1.39 bits per heavy atom. The van der Waals surface area contributed by atoms with Crippen molar-refractivity contribution < 1.29 is 24.5 Å². The number of benzene rings is 1. The molecule has 1 atom stereocenters. The Hall–Kier alpha value is -2.45. The number of aromatic hydroxyl groups is 1. The Bertz CT molecular complexity index is 982. The van der Waals surface area contributed by atoms with Crippen LogP contribution in [0.1, 0.15) is 35.3 Å². The Balaban J connectivity index is 1.67. The minimum absolute atomic E-state index is 0.117. The molecule has 0 radical (unpaired) electrons. The van der Waals surface area contributed by atoms with E-state index in [4.69, 9.17) is 0 Å². The molecule has 2 aliphatic rings. The number of aryl methyl sites for hydroxylation is 1. The van der Waals surface area contributed by atoms with Crippen molar-refractivity contribution in [3.8, 4) is 5.75 Å². The van der Waals surface area contributed by atoms with Gasteiger partial charge >= 0.3 is 0 Å². The number of rotatable bonds is 4. The molecule has 5 N–H and O–H groups in total. The lowest BCUT2D eigenvalue weighted by molar-refractivity contribution is -0.945. The molecule has 1 amide bonds. The molecule has 2 aromatic rings. The Kier molecular flexibility index (Phi) is 5.07. The maximum absolute atomic E-state index is 14.1. The number of nitrogens with two attached hydrogens (primary N) is 1. The van der Waals surface area contributed by atoms with Crippen LogP contribution in [0.5, 0.6) is 5.75 Å². The van der Waals surface area contributed by atoms with Crippen molar-refractivity contribution in [2.75, 3.05) is 39.3 Å². The number of carbonyl (C=O) groups excluding carboxylic acids is 1. The number of pyridine rings is 1. The Morgan fingerprint density at radius 2 is 2.14 bits per heavy atom. The average Bonchev–Trinajstić information content (AvgIpc) is 2.67. The molecule has 7 nitrogen and oxygen atoms in total. The molecule has 1 aromatic heterocycles. The van der Waals surface area contributed by atoms with Gasteiger partial charge in [0.2, 0.25) is 0 Å². The van der Waals surface area contributed by atoms with E-state index in [0.717, 1.165) is 32.7 Å². The van der Waals surface area contributed by atoms with Gasteiger partial charge in [-0.3, -0.25) is 9.59 Å². The largest absolute Gasteiger partial charge is 0.506 e. The summed E-state index contributed by atoms with van der Waals surface area (Å²) in [5.41, 5.74) is 0.424. The van der Waals surface area contributed by atoms with E-state index < -0.39 is 23.0 Å². The molecule has 4 rings (SSSR count). The number of amides is 1. The van der Waals surface area contributed by atoms with Crippen molar-refractivity contribution in [2.24, 2.45) is 0 Å². The van der Waals surface area contributed by atoms with Gasteiger partial charge in [-0.1, -0.05) is 0 Å². The molecular formula is C20H27FN4O3+2. The molecule has 8 heteroatoms. The van der Waals surface area contributed by atoms with Crippen LogP contribution >= 0.6 is 0 Å². The number of hydrogen-bond donors (Lipinski definition) is 4. The summed E-state index contributed by atoms with van der Waals surface area (Å²) in [6.45, 7) is 7.35. The molecule has 3 heterocycles. The molecule has 0 unspecified atom stereocenters. The Morgan fingerprint density at radius 3 is 2.89 bits per heavy atom. The monoisotopic (exact) mass is 390 g/mol. The lowest BCUT2D eigenvalue weighted by atomic mass is 9.95. The summed E-state index contributed by atoms with van der Waals surface area (Å²) in [5.74, 6) is -1.50. The summed E-state index contributed by atoms with van der Waals surface area (Å²) < 4.78 is 15.6. The summed E-state index contributed by atoms with van der Waals surface area (Å²) in [5, 5.41) is 15.9. The maximum atomic E-state index is 14.1. The summed E-state index contributed by atoms with van der Waals surface area (Å²) >= 11 is 0. The van der Waals surface area contributed by atoms with Gasteiger partial charge in [0.1, 0.15) is 43.3 Å². The minimum Gasteiger partial charge on any atom is -0.506 e. The molecule has 1 aromatic carbocycles. The van der Waals surface area contributed by atoms with Gasteiger partial charge in [-0.15, -0.1) is 0 Å². The number of nitrogens with zero attached hydrogens (tertiary/aromatic N) is 1. The zero-order valence-corrected chi connectivity index (χ0v) is 16.1. The predicted molar refractivity (Wildman–Crippen MR) is 102 cm³/mol. The van der Waals surface area contributed by atoms with Crippen LogP contribution in [-0.2, 0) is 6.42 Å². The topological polar surface area (TPSA) is 92.4 Å². The quantitative estimate of drug-likeness (QED) is 0.515. The molecule has 0 saturated carbocycles. The maximum Gasteiger partial charge on any atom is 0.267 e. The van der Waals surface area contributed by atoms with Crippen LogP contribution in [0.15, 0.2) is 16.9 Å². The second kappa shape index (κ2) is 7.52. The van der Waals surface area contributed by atoms with Crippen LogP contribution in [0.25, 0.3) is 10.9 Å². The van der Waals surface area contributed by atoms with Gasteiger partial charge in [-0.2, -0.15) is 0 Å². The fourth-order valence-corrected chi connectivity index (χ4v) is 4.46. The van der Waals surface area contributed by atoms with Crippen molar-refractivity contribution in [1.29, 1.82) is 0 Å². The predicted octanol–water partition coefficient (Wildman–Crippen LogP) is -1.45. The highest BCUT2D eigenvalue weighted by Crippen LogP contribution is 2.35. The summed E-state index contributed by atoms with van der Waals surface area (Å²) in [4.78, 5) is 27.2. The van der Waals surface area contributed by atoms with Gasteiger partial charge in [0.15, 0.2) is 0 Å². The molecule has 0 bridgehead atoms. The van der Waals surface area contributed by atoms with E-state index in [1.54, 1.807) is 0 Å². The first-order valence-electron chi connectivity index (χ1n) is 10.0. The second-order valence-corrected chi connectivity index (χ2v) is 7.87. The van der Waals surface area contributed by atoms with Gasteiger partial charge in [-0.25, -0.2) is 4.39 Å². The second-order valence-electron chi connectivity index (χ2n) is 7.87. The van der Waals surface area contributed by atoms with Crippen LogP contribution in [0.4, 0.5) is 4.39 Å². The third-order valence-corrected chi connectivity index (χ3v) is 5.99. The third-order valence-electron chi connectivity index (χ3n) is 5.99.